The molecule has 0 spiro atoms. The number of hydrogen-bond acceptors (Lipinski definition) is 2. The number of ether oxygens (including phenoxy) is 1. The van der Waals surface area contributed by atoms with Crippen LogP contribution in [0, 0.1) is 5.82 Å². The zero-order valence-electron chi connectivity index (χ0n) is 12.6. The first-order valence-corrected chi connectivity index (χ1v) is 8.43. The maximum atomic E-state index is 13.7. The number of allylic oxidation sites excluding steroid dienone is 2. The molecule has 4 heteroatoms. The molecule has 2 aromatic rings. The lowest BCUT2D eigenvalue weighted by Crippen LogP contribution is -2.21. The fourth-order valence-corrected chi connectivity index (χ4v) is 3.19. The third kappa shape index (κ3) is 2.95. The van der Waals surface area contributed by atoms with Crippen LogP contribution in [0.25, 0.3) is 5.57 Å². The van der Waals surface area contributed by atoms with E-state index in [1.165, 1.54) is 12.1 Å². The van der Waals surface area contributed by atoms with Crippen molar-refractivity contribution in [3.8, 4) is 5.75 Å². The van der Waals surface area contributed by atoms with Crippen molar-refractivity contribution in [1.82, 2.24) is 0 Å². The SMILES string of the molecule is CCC(Br)C1=C(c2cccc(F)c2)C(C=O)c2ccccc2O1. The first kappa shape index (κ1) is 15.9. The lowest BCUT2D eigenvalue weighted by molar-refractivity contribution is -0.108. The average Bonchev–Trinajstić information content (AvgIpc) is 2.59. The Morgan fingerprint density at radius 3 is 2.74 bits per heavy atom. The standard InChI is InChI=1S/C19H16BrFO2/c1-2-16(20)19-18(12-6-5-7-13(21)10-12)15(11-22)14-8-3-4-9-17(14)23-19/h3-11,15-16H,2H2,1H3. The minimum atomic E-state index is -0.469. The quantitative estimate of drug-likeness (QED) is 0.550. The molecule has 0 aliphatic carbocycles. The monoisotopic (exact) mass is 374 g/mol. The number of hydrogen-bond donors (Lipinski definition) is 0. The molecule has 0 saturated heterocycles. The molecule has 1 aliphatic rings. The Morgan fingerprint density at radius 2 is 2.04 bits per heavy atom. The number of aldehydes is 1. The number of alkyl halides is 1. The van der Waals surface area contributed by atoms with E-state index in [1.807, 2.05) is 37.3 Å². The molecule has 0 saturated carbocycles. The molecule has 3 rings (SSSR count). The highest BCUT2D eigenvalue weighted by Crippen LogP contribution is 2.45. The largest absolute Gasteiger partial charge is 0.460 e. The summed E-state index contributed by atoms with van der Waals surface area (Å²) >= 11 is 3.61. The number of carbonyl (C=O) groups excluding carboxylic acids is 1. The lowest BCUT2D eigenvalue weighted by Gasteiger charge is -2.30. The molecular weight excluding hydrogens is 359 g/mol. The van der Waals surface area contributed by atoms with Gasteiger partial charge >= 0.3 is 0 Å². The van der Waals surface area contributed by atoms with Gasteiger partial charge in [-0.25, -0.2) is 4.39 Å². The molecule has 0 N–H and O–H groups in total. The smallest absolute Gasteiger partial charge is 0.132 e. The van der Waals surface area contributed by atoms with E-state index in [0.717, 1.165) is 23.8 Å². The van der Waals surface area contributed by atoms with Crippen molar-refractivity contribution < 1.29 is 13.9 Å². The summed E-state index contributed by atoms with van der Waals surface area (Å²) in [6.07, 6.45) is 1.69. The summed E-state index contributed by atoms with van der Waals surface area (Å²) in [5.41, 5.74) is 2.20. The van der Waals surface area contributed by atoms with Gasteiger partial charge in [-0.1, -0.05) is 53.2 Å². The second-order valence-corrected chi connectivity index (χ2v) is 6.52. The van der Waals surface area contributed by atoms with Gasteiger partial charge in [0.25, 0.3) is 0 Å². The van der Waals surface area contributed by atoms with Gasteiger partial charge in [0, 0.05) is 11.1 Å². The number of benzene rings is 2. The predicted octanol–water partition coefficient (Wildman–Crippen LogP) is 5.09. The Kier molecular flexibility index (Phi) is 4.62. The van der Waals surface area contributed by atoms with E-state index in [0.29, 0.717) is 17.1 Å². The molecule has 118 valence electrons. The number of para-hydroxylation sites is 1. The molecule has 2 aromatic carbocycles. The maximum absolute atomic E-state index is 13.7. The summed E-state index contributed by atoms with van der Waals surface area (Å²) < 4.78 is 19.8. The fraction of sp³-hybridized carbons (Fsp3) is 0.211. The third-order valence-corrected chi connectivity index (χ3v) is 5.03. The predicted molar refractivity (Wildman–Crippen MR) is 92.2 cm³/mol. The molecular formula is C19H16BrFO2. The molecule has 2 atom stereocenters. The summed E-state index contributed by atoms with van der Waals surface area (Å²) in [5, 5.41) is 0. The maximum Gasteiger partial charge on any atom is 0.132 e. The van der Waals surface area contributed by atoms with Gasteiger partial charge in [0.15, 0.2) is 0 Å². The van der Waals surface area contributed by atoms with Crippen molar-refractivity contribution in [3.05, 3.63) is 71.2 Å². The van der Waals surface area contributed by atoms with Gasteiger partial charge in [0.2, 0.25) is 0 Å². The van der Waals surface area contributed by atoms with Gasteiger partial charge in [-0.3, -0.25) is 0 Å². The van der Waals surface area contributed by atoms with Crippen molar-refractivity contribution >= 4 is 27.8 Å². The number of rotatable bonds is 4. The summed E-state index contributed by atoms with van der Waals surface area (Å²) in [7, 11) is 0. The molecule has 0 amide bonds. The highest BCUT2D eigenvalue weighted by Gasteiger charge is 2.32. The van der Waals surface area contributed by atoms with E-state index in [4.69, 9.17) is 4.74 Å². The second kappa shape index (κ2) is 6.67. The van der Waals surface area contributed by atoms with E-state index < -0.39 is 5.92 Å². The minimum Gasteiger partial charge on any atom is -0.460 e. The molecule has 1 heterocycles. The first-order chi connectivity index (χ1) is 11.2. The second-order valence-electron chi connectivity index (χ2n) is 5.42. The molecule has 0 radical (unpaired) electrons. The van der Waals surface area contributed by atoms with E-state index in [2.05, 4.69) is 15.9 Å². The molecule has 0 aromatic heterocycles. The van der Waals surface area contributed by atoms with Crippen LogP contribution in [0.4, 0.5) is 4.39 Å². The topological polar surface area (TPSA) is 26.3 Å². The van der Waals surface area contributed by atoms with Crippen LogP contribution in [0.3, 0.4) is 0 Å². The van der Waals surface area contributed by atoms with Crippen molar-refractivity contribution in [2.24, 2.45) is 0 Å². The van der Waals surface area contributed by atoms with Crippen LogP contribution >= 0.6 is 15.9 Å². The molecule has 2 nitrogen and oxygen atoms in total. The Bertz CT molecular complexity index is 769. The number of carbonyl (C=O) groups is 1. The lowest BCUT2D eigenvalue weighted by atomic mass is 9.84. The zero-order chi connectivity index (χ0) is 16.4. The van der Waals surface area contributed by atoms with Crippen LogP contribution in [-0.4, -0.2) is 11.1 Å². The molecule has 0 bridgehead atoms. The van der Waals surface area contributed by atoms with Crippen LogP contribution in [0.1, 0.15) is 30.4 Å². The number of halogens is 2. The molecule has 2 unspecified atom stereocenters. The average molecular weight is 375 g/mol. The summed E-state index contributed by atoms with van der Waals surface area (Å²) in [5.74, 6) is 0.551. The minimum absolute atomic E-state index is 0.0448. The van der Waals surface area contributed by atoms with Gasteiger partial charge < -0.3 is 9.53 Å². The Morgan fingerprint density at radius 1 is 1.26 bits per heavy atom. The highest BCUT2D eigenvalue weighted by molar-refractivity contribution is 9.09. The van der Waals surface area contributed by atoms with Crippen LogP contribution < -0.4 is 4.74 Å². The van der Waals surface area contributed by atoms with E-state index in [9.17, 15) is 9.18 Å². The van der Waals surface area contributed by atoms with E-state index in [-0.39, 0.29) is 10.6 Å². The van der Waals surface area contributed by atoms with Crippen LogP contribution in [0.15, 0.2) is 54.3 Å². The Balaban J connectivity index is 2.23. The van der Waals surface area contributed by atoms with Crippen molar-refractivity contribution in [2.45, 2.75) is 24.1 Å². The Hall–Kier alpha value is -1.94. The van der Waals surface area contributed by atoms with Gasteiger partial charge in [0.1, 0.15) is 23.6 Å². The number of fused-ring (bicyclic) bond motifs is 1. The summed E-state index contributed by atoms with van der Waals surface area (Å²) in [6.45, 7) is 2.02. The van der Waals surface area contributed by atoms with Crippen molar-refractivity contribution in [3.63, 3.8) is 0 Å². The van der Waals surface area contributed by atoms with Crippen molar-refractivity contribution in [2.75, 3.05) is 0 Å². The third-order valence-electron chi connectivity index (χ3n) is 3.97. The van der Waals surface area contributed by atoms with E-state index in [1.54, 1.807) is 6.07 Å². The summed E-state index contributed by atoms with van der Waals surface area (Å²) in [4.78, 5) is 11.8. The first-order valence-electron chi connectivity index (χ1n) is 7.51. The van der Waals surface area contributed by atoms with E-state index >= 15 is 0 Å². The van der Waals surface area contributed by atoms with Gasteiger partial charge in [-0.15, -0.1) is 0 Å². The van der Waals surface area contributed by atoms with Gasteiger partial charge in [0.05, 0.1) is 10.7 Å². The zero-order valence-corrected chi connectivity index (χ0v) is 14.2. The van der Waals surface area contributed by atoms with Crippen molar-refractivity contribution in [1.29, 1.82) is 0 Å². The molecule has 0 fully saturated rings. The highest BCUT2D eigenvalue weighted by atomic mass is 79.9. The molecule has 23 heavy (non-hydrogen) atoms. The Labute approximate surface area is 143 Å². The fourth-order valence-electron chi connectivity index (χ4n) is 2.85. The normalized spacial score (nSPS) is 18.1. The van der Waals surface area contributed by atoms with Crippen LogP contribution in [-0.2, 0) is 4.79 Å². The van der Waals surface area contributed by atoms with Crippen LogP contribution in [0.2, 0.25) is 0 Å². The summed E-state index contributed by atoms with van der Waals surface area (Å²) in [6, 6.07) is 13.8. The van der Waals surface area contributed by atoms with Crippen LogP contribution in [0.5, 0.6) is 5.75 Å². The van der Waals surface area contributed by atoms with Gasteiger partial charge in [-0.2, -0.15) is 0 Å². The van der Waals surface area contributed by atoms with Gasteiger partial charge in [-0.05, 0) is 30.2 Å². The molecule has 1 aliphatic heterocycles.